The Morgan fingerprint density at radius 3 is 2.46 bits per heavy atom. The first-order valence-corrected chi connectivity index (χ1v) is 8.81. The van der Waals surface area contributed by atoms with Crippen LogP contribution in [0, 0.1) is 13.8 Å². The quantitative estimate of drug-likeness (QED) is 0.631. The molecule has 1 aromatic heterocycles. The molecule has 2 amide bonds. The van der Waals surface area contributed by atoms with Crippen molar-refractivity contribution < 1.29 is 4.79 Å². The van der Waals surface area contributed by atoms with E-state index >= 15 is 0 Å². The summed E-state index contributed by atoms with van der Waals surface area (Å²) in [4.78, 5) is 22.9. The van der Waals surface area contributed by atoms with Gasteiger partial charge in [0.15, 0.2) is 0 Å². The van der Waals surface area contributed by atoms with E-state index < -0.39 is 0 Å². The smallest absolute Gasteiger partial charge is 0.326 e. The van der Waals surface area contributed by atoms with Crippen LogP contribution in [0.15, 0.2) is 30.3 Å². The third kappa shape index (κ3) is 7.06. The van der Waals surface area contributed by atoms with E-state index in [4.69, 9.17) is 0 Å². The molecule has 3 N–H and O–H groups in total. The highest BCUT2D eigenvalue weighted by atomic mass is 16.2. The van der Waals surface area contributed by atoms with Crippen LogP contribution in [0.3, 0.4) is 0 Å². The third-order valence-electron chi connectivity index (χ3n) is 3.73. The topological polar surface area (TPSA) is 82.2 Å². The fraction of sp³-hybridized carbons (Fsp3) is 0.421. The number of carbonyl (C=O) groups is 1. The van der Waals surface area contributed by atoms with Crippen molar-refractivity contribution in [3.8, 4) is 0 Å². The molecule has 0 saturated heterocycles. The Hall–Kier alpha value is -2.67. The van der Waals surface area contributed by atoms with E-state index in [1.54, 1.807) is 0 Å². The van der Waals surface area contributed by atoms with E-state index in [0.29, 0.717) is 5.82 Å². The first kappa shape index (κ1) is 19.7. The molecule has 7 heteroatoms. The molecule has 1 heterocycles. The van der Waals surface area contributed by atoms with Gasteiger partial charge in [0, 0.05) is 24.0 Å². The Morgan fingerprint density at radius 1 is 1.04 bits per heavy atom. The molecule has 0 aliphatic rings. The van der Waals surface area contributed by atoms with Gasteiger partial charge in [-0.2, -0.15) is 4.98 Å². The molecule has 7 nitrogen and oxygen atoms in total. The van der Waals surface area contributed by atoms with Gasteiger partial charge in [0.05, 0.1) is 0 Å². The summed E-state index contributed by atoms with van der Waals surface area (Å²) >= 11 is 0. The van der Waals surface area contributed by atoms with Gasteiger partial charge in [-0.25, -0.2) is 9.78 Å². The van der Waals surface area contributed by atoms with Crippen LogP contribution in [0.2, 0.25) is 0 Å². The maximum atomic E-state index is 12.1. The largest absolute Gasteiger partial charge is 0.370 e. The number of rotatable bonds is 8. The minimum Gasteiger partial charge on any atom is -0.370 e. The molecule has 0 saturated carbocycles. The molecule has 2 rings (SSSR count). The number of benzene rings is 1. The van der Waals surface area contributed by atoms with Crippen LogP contribution in [0.4, 0.5) is 22.2 Å². The Kier molecular flexibility index (Phi) is 7.35. The molecule has 140 valence electrons. The predicted octanol–water partition coefficient (Wildman–Crippen LogP) is 3.49. The van der Waals surface area contributed by atoms with Gasteiger partial charge in [-0.3, -0.25) is 5.32 Å². The summed E-state index contributed by atoms with van der Waals surface area (Å²) in [6, 6.07) is 9.10. The molecular weight excluding hydrogens is 328 g/mol. The van der Waals surface area contributed by atoms with E-state index in [2.05, 4.69) is 44.9 Å². The number of aryl methyl sites for hydroxylation is 2. The molecular formula is C19H28N6O. The molecule has 2 aromatic rings. The number of nitrogens with one attached hydrogen (secondary N) is 3. The van der Waals surface area contributed by atoms with Crippen LogP contribution in [-0.4, -0.2) is 48.1 Å². The number of hydrogen-bond donors (Lipinski definition) is 3. The number of carbonyl (C=O) groups excluding carboxylic acids is 1. The zero-order valence-corrected chi connectivity index (χ0v) is 16.0. The summed E-state index contributed by atoms with van der Waals surface area (Å²) in [7, 11) is 4.14. The van der Waals surface area contributed by atoms with E-state index in [-0.39, 0.29) is 12.0 Å². The third-order valence-corrected chi connectivity index (χ3v) is 3.73. The van der Waals surface area contributed by atoms with E-state index in [9.17, 15) is 4.79 Å². The van der Waals surface area contributed by atoms with Crippen LogP contribution in [-0.2, 0) is 0 Å². The van der Waals surface area contributed by atoms with Crippen molar-refractivity contribution in [1.82, 2.24) is 14.9 Å². The first-order chi connectivity index (χ1) is 12.4. The lowest BCUT2D eigenvalue weighted by molar-refractivity contribution is 0.262. The van der Waals surface area contributed by atoms with Gasteiger partial charge in [0.25, 0.3) is 0 Å². The number of hydrogen-bond acceptors (Lipinski definition) is 5. The second kappa shape index (κ2) is 9.72. The number of unbranched alkanes of at least 4 members (excludes halogenated alkanes) is 1. The molecule has 26 heavy (non-hydrogen) atoms. The molecule has 0 unspecified atom stereocenters. The molecule has 0 aliphatic carbocycles. The van der Waals surface area contributed by atoms with Crippen LogP contribution in [0.25, 0.3) is 0 Å². The second-order valence-electron chi connectivity index (χ2n) is 6.60. The van der Waals surface area contributed by atoms with E-state index in [1.807, 2.05) is 44.2 Å². The average Bonchev–Trinajstić information content (AvgIpc) is 2.56. The van der Waals surface area contributed by atoms with Crippen LogP contribution in [0.1, 0.15) is 24.1 Å². The minimum absolute atomic E-state index is 0.283. The monoisotopic (exact) mass is 356 g/mol. The molecule has 0 radical (unpaired) electrons. The standard InChI is InChI=1S/C19H28N6O/c1-14-7-9-16(10-8-14)22-19(26)24-18-21-15(2)13-17(23-18)20-11-5-6-12-25(3)4/h7-10,13H,5-6,11-12H2,1-4H3,(H3,20,21,22,23,24,26). The molecule has 0 aliphatic heterocycles. The number of nitrogens with zero attached hydrogens (tertiary/aromatic N) is 3. The van der Waals surface area contributed by atoms with Crippen molar-refractivity contribution >= 4 is 23.5 Å². The lowest BCUT2D eigenvalue weighted by Crippen LogP contribution is -2.21. The maximum absolute atomic E-state index is 12.1. The van der Waals surface area contributed by atoms with Gasteiger partial charge in [-0.1, -0.05) is 17.7 Å². The van der Waals surface area contributed by atoms with Crippen molar-refractivity contribution in [2.45, 2.75) is 26.7 Å². The van der Waals surface area contributed by atoms with Gasteiger partial charge in [0.2, 0.25) is 5.95 Å². The minimum atomic E-state index is -0.364. The molecule has 0 atom stereocenters. The van der Waals surface area contributed by atoms with E-state index in [1.165, 1.54) is 0 Å². The first-order valence-electron chi connectivity index (χ1n) is 8.81. The van der Waals surface area contributed by atoms with Crippen LogP contribution < -0.4 is 16.0 Å². The van der Waals surface area contributed by atoms with E-state index in [0.717, 1.165) is 42.9 Å². The summed E-state index contributed by atoms with van der Waals surface area (Å²) in [6.07, 6.45) is 2.17. The Balaban J connectivity index is 1.87. The zero-order chi connectivity index (χ0) is 18.9. The highest BCUT2D eigenvalue weighted by Crippen LogP contribution is 2.12. The van der Waals surface area contributed by atoms with Gasteiger partial charge in [0.1, 0.15) is 5.82 Å². The lowest BCUT2D eigenvalue weighted by atomic mass is 10.2. The Labute approximate surface area is 155 Å². The van der Waals surface area contributed by atoms with Crippen molar-refractivity contribution in [2.24, 2.45) is 0 Å². The highest BCUT2D eigenvalue weighted by Gasteiger charge is 2.07. The van der Waals surface area contributed by atoms with Gasteiger partial charge in [-0.05, 0) is 59.5 Å². The van der Waals surface area contributed by atoms with Crippen molar-refractivity contribution in [3.63, 3.8) is 0 Å². The van der Waals surface area contributed by atoms with Crippen LogP contribution >= 0.6 is 0 Å². The zero-order valence-electron chi connectivity index (χ0n) is 16.0. The van der Waals surface area contributed by atoms with Gasteiger partial charge >= 0.3 is 6.03 Å². The van der Waals surface area contributed by atoms with Crippen LogP contribution in [0.5, 0.6) is 0 Å². The second-order valence-corrected chi connectivity index (χ2v) is 6.60. The fourth-order valence-corrected chi connectivity index (χ4v) is 2.39. The molecule has 1 aromatic carbocycles. The van der Waals surface area contributed by atoms with Crippen molar-refractivity contribution in [1.29, 1.82) is 0 Å². The molecule has 0 bridgehead atoms. The summed E-state index contributed by atoms with van der Waals surface area (Å²) in [6.45, 7) is 5.78. The molecule has 0 spiro atoms. The SMILES string of the molecule is Cc1ccc(NC(=O)Nc2nc(C)cc(NCCCCN(C)C)n2)cc1. The van der Waals surface area contributed by atoms with Crippen molar-refractivity contribution in [3.05, 3.63) is 41.6 Å². The number of amides is 2. The predicted molar refractivity (Wildman–Crippen MR) is 107 cm³/mol. The average molecular weight is 356 g/mol. The molecule has 0 fully saturated rings. The lowest BCUT2D eigenvalue weighted by Gasteiger charge is -2.11. The van der Waals surface area contributed by atoms with Gasteiger partial charge < -0.3 is 15.5 Å². The fourth-order valence-electron chi connectivity index (χ4n) is 2.39. The number of urea groups is 1. The Morgan fingerprint density at radius 2 is 1.77 bits per heavy atom. The van der Waals surface area contributed by atoms with Gasteiger partial charge in [-0.15, -0.1) is 0 Å². The summed E-state index contributed by atoms with van der Waals surface area (Å²) in [5.74, 6) is 0.999. The maximum Gasteiger partial charge on any atom is 0.326 e. The number of aromatic nitrogens is 2. The summed E-state index contributed by atoms with van der Waals surface area (Å²) in [5, 5.41) is 8.74. The normalized spacial score (nSPS) is 10.7. The highest BCUT2D eigenvalue weighted by molar-refractivity contribution is 5.98. The van der Waals surface area contributed by atoms with Crippen molar-refractivity contribution in [2.75, 3.05) is 43.1 Å². The number of anilines is 3. The summed E-state index contributed by atoms with van der Waals surface area (Å²) in [5.41, 5.74) is 2.65. The summed E-state index contributed by atoms with van der Waals surface area (Å²) < 4.78 is 0. The Bertz CT molecular complexity index is 714.